The van der Waals surface area contributed by atoms with Crippen LogP contribution in [0.5, 0.6) is 0 Å². The number of hydrogen-bond donors (Lipinski definition) is 0. The summed E-state index contributed by atoms with van der Waals surface area (Å²) in [6.07, 6.45) is 0. The number of aryl methyl sites for hydroxylation is 1. The SMILES string of the molecule is Cn1c(=O)c2sc3sccc3c2c2cc(C#N)ccc21. The zero-order valence-corrected chi connectivity index (χ0v) is 12.1. The molecule has 5 heteroatoms. The molecule has 0 aliphatic carbocycles. The van der Waals surface area contributed by atoms with Crippen molar-refractivity contribution in [1.82, 2.24) is 4.57 Å². The third-order valence-electron chi connectivity index (χ3n) is 3.58. The van der Waals surface area contributed by atoms with Gasteiger partial charge in [0.15, 0.2) is 0 Å². The Kier molecular flexibility index (Phi) is 2.28. The van der Waals surface area contributed by atoms with Crippen molar-refractivity contribution >= 4 is 53.1 Å². The first-order valence-corrected chi connectivity index (χ1v) is 7.73. The standard InChI is InChI=1S/C15H8N2OS2/c1-17-11-3-2-8(7-16)6-10(11)12-9-4-5-19-15(9)20-13(12)14(17)18/h2-6H,1H3. The van der Waals surface area contributed by atoms with Gasteiger partial charge in [0.05, 0.1) is 21.2 Å². The Morgan fingerprint density at radius 2 is 2.10 bits per heavy atom. The maximum absolute atomic E-state index is 12.5. The lowest BCUT2D eigenvalue weighted by molar-refractivity contribution is 0.920. The van der Waals surface area contributed by atoms with Crippen LogP contribution in [0, 0.1) is 11.3 Å². The Hall–Kier alpha value is -2.16. The molecule has 0 atom stereocenters. The van der Waals surface area contributed by atoms with E-state index in [-0.39, 0.29) is 5.56 Å². The molecule has 0 bridgehead atoms. The van der Waals surface area contributed by atoms with Gasteiger partial charge in [-0.05, 0) is 29.6 Å². The minimum absolute atomic E-state index is 0.0330. The predicted molar refractivity (Wildman–Crippen MR) is 84.7 cm³/mol. The van der Waals surface area contributed by atoms with Gasteiger partial charge < -0.3 is 4.57 Å². The molecule has 0 radical (unpaired) electrons. The molecule has 4 aromatic rings. The van der Waals surface area contributed by atoms with Gasteiger partial charge >= 0.3 is 0 Å². The van der Waals surface area contributed by atoms with Crippen LogP contribution < -0.4 is 5.56 Å². The van der Waals surface area contributed by atoms with Crippen molar-refractivity contribution in [3.63, 3.8) is 0 Å². The second kappa shape index (κ2) is 3.92. The number of thiophene rings is 2. The molecular weight excluding hydrogens is 288 g/mol. The fourth-order valence-electron chi connectivity index (χ4n) is 2.60. The molecule has 0 N–H and O–H groups in total. The Labute approximate surface area is 121 Å². The molecule has 0 aliphatic rings. The van der Waals surface area contributed by atoms with Crippen molar-refractivity contribution in [1.29, 1.82) is 5.26 Å². The van der Waals surface area contributed by atoms with Gasteiger partial charge in [0.1, 0.15) is 4.70 Å². The van der Waals surface area contributed by atoms with Gasteiger partial charge in [-0.1, -0.05) is 0 Å². The number of pyridine rings is 1. The van der Waals surface area contributed by atoms with Crippen molar-refractivity contribution in [3.05, 3.63) is 45.6 Å². The second-order valence-corrected chi connectivity index (χ2v) is 6.83. The lowest BCUT2D eigenvalue weighted by atomic mass is 10.1. The molecule has 0 unspecified atom stereocenters. The summed E-state index contributed by atoms with van der Waals surface area (Å²) in [5, 5.41) is 14.2. The van der Waals surface area contributed by atoms with Crippen LogP contribution in [0.1, 0.15) is 5.56 Å². The van der Waals surface area contributed by atoms with Crippen molar-refractivity contribution in [2.24, 2.45) is 7.05 Å². The fraction of sp³-hybridized carbons (Fsp3) is 0.0667. The van der Waals surface area contributed by atoms with Crippen molar-refractivity contribution in [2.75, 3.05) is 0 Å². The number of hydrogen-bond acceptors (Lipinski definition) is 4. The quantitative estimate of drug-likeness (QED) is 0.495. The average molecular weight is 296 g/mol. The molecule has 4 rings (SSSR count). The molecule has 0 aliphatic heterocycles. The van der Waals surface area contributed by atoms with Crippen LogP contribution in [-0.2, 0) is 7.05 Å². The summed E-state index contributed by atoms with van der Waals surface area (Å²) in [4.78, 5) is 12.5. The molecule has 0 saturated heterocycles. The van der Waals surface area contributed by atoms with Crippen LogP contribution in [0.3, 0.4) is 0 Å². The summed E-state index contributed by atoms with van der Waals surface area (Å²) < 4.78 is 3.60. The van der Waals surface area contributed by atoms with Crippen LogP contribution in [0.25, 0.3) is 30.4 Å². The molecule has 96 valence electrons. The number of nitriles is 1. The summed E-state index contributed by atoms with van der Waals surface area (Å²) in [6.45, 7) is 0. The summed E-state index contributed by atoms with van der Waals surface area (Å²) >= 11 is 3.19. The van der Waals surface area contributed by atoms with Crippen molar-refractivity contribution in [3.8, 4) is 6.07 Å². The Bertz CT molecular complexity index is 1090. The maximum Gasteiger partial charge on any atom is 0.268 e. The smallest absolute Gasteiger partial charge is 0.268 e. The number of aromatic nitrogens is 1. The number of rotatable bonds is 0. The Morgan fingerprint density at radius 3 is 2.90 bits per heavy atom. The van der Waals surface area contributed by atoms with E-state index in [4.69, 9.17) is 5.26 Å². The monoisotopic (exact) mass is 296 g/mol. The van der Waals surface area contributed by atoms with Crippen LogP contribution >= 0.6 is 22.7 Å². The summed E-state index contributed by atoms with van der Waals surface area (Å²) in [7, 11) is 1.78. The zero-order valence-electron chi connectivity index (χ0n) is 10.5. The van der Waals surface area contributed by atoms with Gasteiger partial charge in [0.2, 0.25) is 0 Å². The van der Waals surface area contributed by atoms with Crippen molar-refractivity contribution < 1.29 is 0 Å². The van der Waals surface area contributed by atoms with E-state index in [1.54, 1.807) is 29.0 Å². The topological polar surface area (TPSA) is 45.8 Å². The molecule has 3 aromatic heterocycles. The van der Waals surface area contributed by atoms with Gasteiger partial charge in [0, 0.05) is 23.2 Å². The second-order valence-electron chi connectivity index (χ2n) is 4.64. The Balaban J connectivity index is 2.42. The molecular formula is C15H8N2OS2. The van der Waals surface area contributed by atoms with Gasteiger partial charge in [-0.3, -0.25) is 4.79 Å². The molecule has 3 nitrogen and oxygen atoms in total. The molecule has 20 heavy (non-hydrogen) atoms. The summed E-state index contributed by atoms with van der Waals surface area (Å²) in [6, 6.07) is 9.71. The fourth-order valence-corrected chi connectivity index (χ4v) is 4.85. The largest absolute Gasteiger partial charge is 0.310 e. The summed E-state index contributed by atoms with van der Waals surface area (Å²) in [5.74, 6) is 0. The minimum Gasteiger partial charge on any atom is -0.310 e. The van der Waals surface area contributed by atoms with E-state index in [2.05, 4.69) is 12.1 Å². The van der Waals surface area contributed by atoms with E-state index in [0.717, 1.165) is 30.4 Å². The number of nitrogens with zero attached hydrogens (tertiary/aromatic N) is 2. The van der Waals surface area contributed by atoms with E-state index in [0.29, 0.717) is 5.56 Å². The highest BCUT2D eigenvalue weighted by atomic mass is 32.2. The average Bonchev–Trinajstić information content (AvgIpc) is 3.04. The van der Waals surface area contributed by atoms with E-state index in [9.17, 15) is 4.79 Å². The van der Waals surface area contributed by atoms with E-state index >= 15 is 0 Å². The van der Waals surface area contributed by atoms with Gasteiger partial charge in [0.25, 0.3) is 5.56 Å². The first-order valence-electron chi connectivity index (χ1n) is 6.03. The molecule has 0 spiro atoms. The van der Waals surface area contributed by atoms with Crippen LogP contribution in [-0.4, -0.2) is 4.57 Å². The third-order valence-corrected chi connectivity index (χ3v) is 5.81. The van der Waals surface area contributed by atoms with Crippen LogP contribution in [0.2, 0.25) is 0 Å². The minimum atomic E-state index is 0.0330. The first-order chi connectivity index (χ1) is 9.70. The molecule has 0 amide bonds. The number of benzene rings is 1. The lowest BCUT2D eigenvalue weighted by Crippen LogP contribution is -2.16. The summed E-state index contributed by atoms with van der Waals surface area (Å²) in [5.41, 5.74) is 1.52. The van der Waals surface area contributed by atoms with E-state index in [1.165, 1.54) is 11.3 Å². The predicted octanol–water partition coefficient (Wildman–Crippen LogP) is 3.84. The van der Waals surface area contributed by atoms with Gasteiger partial charge in [-0.2, -0.15) is 5.26 Å². The van der Waals surface area contributed by atoms with Crippen LogP contribution in [0.4, 0.5) is 0 Å². The normalized spacial score (nSPS) is 11.4. The zero-order chi connectivity index (χ0) is 13.9. The van der Waals surface area contributed by atoms with Gasteiger partial charge in [-0.25, -0.2) is 0 Å². The van der Waals surface area contributed by atoms with E-state index in [1.807, 2.05) is 17.5 Å². The number of fused-ring (bicyclic) bond motifs is 5. The van der Waals surface area contributed by atoms with Gasteiger partial charge in [-0.15, -0.1) is 22.7 Å². The first kappa shape index (κ1) is 11.6. The van der Waals surface area contributed by atoms with Crippen LogP contribution in [0.15, 0.2) is 34.4 Å². The Morgan fingerprint density at radius 1 is 1.25 bits per heavy atom. The van der Waals surface area contributed by atoms with E-state index < -0.39 is 0 Å². The molecule has 0 fully saturated rings. The third kappa shape index (κ3) is 1.35. The lowest BCUT2D eigenvalue weighted by Gasteiger charge is -2.06. The highest BCUT2D eigenvalue weighted by molar-refractivity contribution is 7.41. The highest BCUT2D eigenvalue weighted by Crippen LogP contribution is 2.39. The maximum atomic E-state index is 12.5. The molecule has 3 heterocycles. The molecule has 0 saturated carbocycles. The van der Waals surface area contributed by atoms with Crippen molar-refractivity contribution in [2.45, 2.75) is 0 Å². The molecule has 1 aromatic carbocycles. The highest BCUT2D eigenvalue weighted by Gasteiger charge is 2.15.